The molecule has 2 aliphatic rings. The molecule has 3 nitrogen and oxygen atoms in total. The SMILES string of the molecule is CCC1CN(CCC2CCCCO2)CCCN1. The standard InChI is InChI=1S/C14H28N2O/c1-2-13-12-16(9-5-8-15-13)10-7-14-6-3-4-11-17-14/h13-15H,2-12H2,1H3. The van der Waals surface area contributed by atoms with E-state index in [9.17, 15) is 0 Å². The summed E-state index contributed by atoms with van der Waals surface area (Å²) in [5, 5.41) is 3.63. The van der Waals surface area contributed by atoms with E-state index in [1.807, 2.05) is 0 Å². The first-order valence-electron chi connectivity index (χ1n) is 7.46. The highest BCUT2D eigenvalue weighted by atomic mass is 16.5. The van der Waals surface area contributed by atoms with Crippen molar-refractivity contribution in [1.29, 1.82) is 0 Å². The quantitative estimate of drug-likeness (QED) is 0.813. The van der Waals surface area contributed by atoms with Gasteiger partial charge in [0.05, 0.1) is 6.10 Å². The molecule has 0 saturated carbocycles. The smallest absolute Gasteiger partial charge is 0.0587 e. The molecule has 2 rings (SSSR count). The molecule has 0 aromatic rings. The Morgan fingerprint density at radius 2 is 2.24 bits per heavy atom. The molecule has 0 amide bonds. The lowest BCUT2D eigenvalue weighted by atomic mass is 10.1. The van der Waals surface area contributed by atoms with Crippen molar-refractivity contribution in [3.05, 3.63) is 0 Å². The second-order valence-electron chi connectivity index (χ2n) is 5.49. The molecule has 1 N–H and O–H groups in total. The van der Waals surface area contributed by atoms with Gasteiger partial charge in [-0.05, 0) is 51.6 Å². The topological polar surface area (TPSA) is 24.5 Å². The zero-order valence-electron chi connectivity index (χ0n) is 11.3. The predicted molar refractivity (Wildman–Crippen MR) is 71.3 cm³/mol. The van der Waals surface area contributed by atoms with Crippen LogP contribution in [-0.4, -0.2) is 49.8 Å². The summed E-state index contributed by atoms with van der Waals surface area (Å²) in [7, 11) is 0. The Hall–Kier alpha value is -0.120. The second kappa shape index (κ2) is 7.34. The fraction of sp³-hybridized carbons (Fsp3) is 1.00. The van der Waals surface area contributed by atoms with Crippen molar-refractivity contribution < 1.29 is 4.74 Å². The molecule has 0 bridgehead atoms. The summed E-state index contributed by atoms with van der Waals surface area (Å²) >= 11 is 0. The molecule has 0 radical (unpaired) electrons. The average Bonchev–Trinajstić information content (AvgIpc) is 2.62. The minimum atomic E-state index is 0.542. The Bertz CT molecular complexity index is 204. The van der Waals surface area contributed by atoms with E-state index >= 15 is 0 Å². The summed E-state index contributed by atoms with van der Waals surface area (Å²) in [6, 6.07) is 0.699. The number of nitrogens with one attached hydrogen (secondary N) is 1. The highest BCUT2D eigenvalue weighted by molar-refractivity contribution is 4.76. The van der Waals surface area contributed by atoms with Crippen LogP contribution in [0, 0.1) is 0 Å². The van der Waals surface area contributed by atoms with Crippen molar-refractivity contribution in [1.82, 2.24) is 10.2 Å². The van der Waals surface area contributed by atoms with Gasteiger partial charge in [-0.15, -0.1) is 0 Å². The van der Waals surface area contributed by atoms with Gasteiger partial charge in [0.25, 0.3) is 0 Å². The Morgan fingerprint density at radius 3 is 3.00 bits per heavy atom. The third kappa shape index (κ3) is 4.57. The van der Waals surface area contributed by atoms with E-state index < -0.39 is 0 Å². The molecule has 2 aliphatic heterocycles. The lowest BCUT2D eigenvalue weighted by Crippen LogP contribution is -2.38. The van der Waals surface area contributed by atoms with Crippen LogP contribution in [0.4, 0.5) is 0 Å². The van der Waals surface area contributed by atoms with Crippen LogP contribution in [0.2, 0.25) is 0 Å². The highest BCUT2D eigenvalue weighted by Gasteiger charge is 2.19. The second-order valence-corrected chi connectivity index (χ2v) is 5.49. The first kappa shape index (κ1) is 13.3. The first-order chi connectivity index (χ1) is 8.38. The van der Waals surface area contributed by atoms with Crippen LogP contribution in [0.5, 0.6) is 0 Å². The molecule has 0 aliphatic carbocycles. The number of hydrogen-bond donors (Lipinski definition) is 1. The van der Waals surface area contributed by atoms with Gasteiger partial charge in [-0.25, -0.2) is 0 Å². The van der Waals surface area contributed by atoms with Crippen molar-refractivity contribution in [3.63, 3.8) is 0 Å². The van der Waals surface area contributed by atoms with Crippen molar-refractivity contribution in [2.24, 2.45) is 0 Å². The van der Waals surface area contributed by atoms with Crippen LogP contribution >= 0.6 is 0 Å². The van der Waals surface area contributed by atoms with Crippen LogP contribution < -0.4 is 5.32 Å². The largest absolute Gasteiger partial charge is 0.378 e. The van der Waals surface area contributed by atoms with Gasteiger partial charge < -0.3 is 15.0 Å². The van der Waals surface area contributed by atoms with Gasteiger partial charge in [0.2, 0.25) is 0 Å². The molecule has 2 heterocycles. The fourth-order valence-corrected chi connectivity index (χ4v) is 2.91. The molecule has 2 saturated heterocycles. The van der Waals surface area contributed by atoms with Gasteiger partial charge in [0.15, 0.2) is 0 Å². The van der Waals surface area contributed by atoms with E-state index in [2.05, 4.69) is 17.1 Å². The Balaban J connectivity index is 1.69. The van der Waals surface area contributed by atoms with Crippen LogP contribution in [0.3, 0.4) is 0 Å². The van der Waals surface area contributed by atoms with Crippen LogP contribution in [0.25, 0.3) is 0 Å². The summed E-state index contributed by atoms with van der Waals surface area (Å²) in [5.41, 5.74) is 0. The number of rotatable bonds is 4. The summed E-state index contributed by atoms with van der Waals surface area (Å²) in [6.45, 7) is 8.17. The zero-order chi connectivity index (χ0) is 11.9. The van der Waals surface area contributed by atoms with Crippen molar-refractivity contribution in [2.75, 3.05) is 32.8 Å². The molecule has 2 fully saturated rings. The summed E-state index contributed by atoms with van der Waals surface area (Å²) < 4.78 is 5.81. The lowest BCUT2D eigenvalue weighted by molar-refractivity contribution is 0.00543. The fourth-order valence-electron chi connectivity index (χ4n) is 2.91. The number of ether oxygens (including phenoxy) is 1. The Kier molecular flexibility index (Phi) is 5.75. The van der Waals surface area contributed by atoms with E-state index in [4.69, 9.17) is 4.74 Å². The maximum atomic E-state index is 5.81. The van der Waals surface area contributed by atoms with Crippen LogP contribution in [0.1, 0.15) is 45.4 Å². The molecule has 100 valence electrons. The van der Waals surface area contributed by atoms with E-state index in [1.54, 1.807) is 0 Å². The number of hydrogen-bond acceptors (Lipinski definition) is 3. The minimum Gasteiger partial charge on any atom is -0.378 e. The van der Waals surface area contributed by atoms with Crippen molar-refractivity contribution >= 4 is 0 Å². The van der Waals surface area contributed by atoms with E-state index in [1.165, 1.54) is 64.7 Å². The normalized spacial score (nSPS) is 32.3. The number of nitrogens with zero attached hydrogens (tertiary/aromatic N) is 1. The van der Waals surface area contributed by atoms with E-state index in [0.29, 0.717) is 12.1 Å². The monoisotopic (exact) mass is 240 g/mol. The lowest BCUT2D eigenvalue weighted by Gasteiger charge is -2.27. The van der Waals surface area contributed by atoms with Gasteiger partial charge >= 0.3 is 0 Å². The molecule has 17 heavy (non-hydrogen) atoms. The third-order valence-electron chi connectivity index (χ3n) is 4.10. The summed E-state index contributed by atoms with van der Waals surface area (Å²) in [6.07, 6.45) is 8.23. The van der Waals surface area contributed by atoms with Crippen molar-refractivity contribution in [3.8, 4) is 0 Å². The predicted octanol–water partition coefficient (Wildman–Crippen LogP) is 2.02. The maximum Gasteiger partial charge on any atom is 0.0587 e. The summed E-state index contributed by atoms with van der Waals surface area (Å²) in [4.78, 5) is 2.63. The van der Waals surface area contributed by atoms with Gasteiger partial charge in [-0.2, -0.15) is 0 Å². The van der Waals surface area contributed by atoms with E-state index in [0.717, 1.165) is 6.61 Å². The van der Waals surface area contributed by atoms with Crippen LogP contribution in [-0.2, 0) is 4.74 Å². The van der Waals surface area contributed by atoms with Gasteiger partial charge in [-0.1, -0.05) is 6.92 Å². The minimum absolute atomic E-state index is 0.542. The molecule has 3 heteroatoms. The summed E-state index contributed by atoms with van der Waals surface area (Å²) in [5.74, 6) is 0. The third-order valence-corrected chi connectivity index (χ3v) is 4.10. The van der Waals surface area contributed by atoms with E-state index in [-0.39, 0.29) is 0 Å². The first-order valence-corrected chi connectivity index (χ1v) is 7.46. The van der Waals surface area contributed by atoms with Crippen LogP contribution in [0.15, 0.2) is 0 Å². The molecular formula is C14H28N2O. The zero-order valence-corrected chi connectivity index (χ0v) is 11.3. The molecule has 0 aromatic heterocycles. The van der Waals surface area contributed by atoms with Gasteiger partial charge in [-0.3, -0.25) is 0 Å². The van der Waals surface area contributed by atoms with Gasteiger partial charge in [0.1, 0.15) is 0 Å². The molecule has 2 atom stereocenters. The molecule has 0 spiro atoms. The highest BCUT2D eigenvalue weighted by Crippen LogP contribution is 2.16. The van der Waals surface area contributed by atoms with Gasteiger partial charge in [0, 0.05) is 25.7 Å². The average molecular weight is 240 g/mol. The Morgan fingerprint density at radius 1 is 1.29 bits per heavy atom. The Labute approximate surface area is 106 Å². The maximum absolute atomic E-state index is 5.81. The van der Waals surface area contributed by atoms with Crippen molar-refractivity contribution in [2.45, 2.75) is 57.6 Å². The molecule has 2 unspecified atom stereocenters. The molecule has 0 aromatic carbocycles. The molecular weight excluding hydrogens is 212 g/mol.